The fourth-order valence-corrected chi connectivity index (χ4v) is 3.26. The Bertz CT molecular complexity index is 948. The smallest absolute Gasteiger partial charge is 0.255 e. The lowest BCUT2D eigenvalue weighted by Crippen LogP contribution is -2.30. The molecule has 6 heteroatoms. The molecule has 0 aliphatic rings. The fourth-order valence-electron chi connectivity index (χ4n) is 3.07. The number of hydrogen-bond donors (Lipinski definition) is 0. The lowest BCUT2D eigenvalue weighted by Gasteiger charge is -2.22. The summed E-state index contributed by atoms with van der Waals surface area (Å²) in [5.74, 6) is -0.0333. The van der Waals surface area contributed by atoms with Crippen LogP contribution < -0.4 is 0 Å². The summed E-state index contributed by atoms with van der Waals surface area (Å²) >= 11 is 6.26. The van der Waals surface area contributed by atoms with Crippen LogP contribution in [0.25, 0.3) is 11.0 Å². The first-order valence-electron chi connectivity index (χ1n) is 8.26. The first-order valence-corrected chi connectivity index (χ1v) is 8.63. The largest absolute Gasteiger partial charge is 0.335 e. The third-order valence-electron chi connectivity index (χ3n) is 4.32. The molecule has 0 spiro atoms. The highest BCUT2D eigenvalue weighted by atomic mass is 35.5. The summed E-state index contributed by atoms with van der Waals surface area (Å²) in [4.78, 5) is 19.6. The van der Waals surface area contributed by atoms with Gasteiger partial charge in [0.2, 0.25) is 0 Å². The van der Waals surface area contributed by atoms with Gasteiger partial charge >= 0.3 is 0 Å². The molecular formula is C19H21ClN4O. The van der Waals surface area contributed by atoms with E-state index >= 15 is 0 Å². The van der Waals surface area contributed by atoms with Crippen LogP contribution in [0.3, 0.4) is 0 Å². The Morgan fingerprint density at radius 3 is 2.68 bits per heavy atom. The number of carbonyl (C=O) groups excluding carboxylic acids is 1. The lowest BCUT2D eigenvalue weighted by atomic mass is 10.1. The summed E-state index contributed by atoms with van der Waals surface area (Å²) in [6.07, 6.45) is 0. The zero-order valence-corrected chi connectivity index (χ0v) is 15.6. The first-order chi connectivity index (χ1) is 11.9. The molecule has 5 nitrogen and oxygen atoms in total. The normalized spacial score (nSPS) is 11.1. The maximum atomic E-state index is 13.2. The van der Waals surface area contributed by atoms with Crippen LogP contribution in [-0.2, 0) is 13.6 Å². The molecule has 0 fully saturated rings. The van der Waals surface area contributed by atoms with Crippen molar-refractivity contribution in [2.75, 3.05) is 6.54 Å². The molecule has 25 heavy (non-hydrogen) atoms. The number of halogens is 1. The van der Waals surface area contributed by atoms with E-state index in [1.54, 1.807) is 9.58 Å². The number of pyridine rings is 1. The number of hydrogen-bond acceptors (Lipinski definition) is 3. The van der Waals surface area contributed by atoms with Gasteiger partial charge in [0.1, 0.15) is 0 Å². The standard InChI is InChI=1S/C19H21ClN4O/c1-5-24(11-14-8-6-7-9-16(14)20)19(25)15-10-12(2)21-18-17(15)13(3)22-23(18)4/h6-10H,5,11H2,1-4H3. The minimum Gasteiger partial charge on any atom is -0.335 e. The Balaban J connectivity index is 2.04. The van der Waals surface area contributed by atoms with E-state index in [2.05, 4.69) is 10.1 Å². The van der Waals surface area contributed by atoms with Crippen molar-refractivity contribution in [1.29, 1.82) is 0 Å². The topological polar surface area (TPSA) is 51.0 Å². The molecule has 0 N–H and O–H groups in total. The van der Waals surface area contributed by atoms with Crippen LogP contribution in [-0.4, -0.2) is 32.1 Å². The Morgan fingerprint density at radius 2 is 2.00 bits per heavy atom. The third-order valence-corrected chi connectivity index (χ3v) is 4.68. The summed E-state index contributed by atoms with van der Waals surface area (Å²) in [6.45, 7) is 6.82. The van der Waals surface area contributed by atoms with Crippen molar-refractivity contribution < 1.29 is 4.79 Å². The second-order valence-corrected chi connectivity index (χ2v) is 6.54. The van der Waals surface area contributed by atoms with E-state index < -0.39 is 0 Å². The van der Waals surface area contributed by atoms with Gasteiger partial charge in [0, 0.05) is 30.9 Å². The molecular weight excluding hydrogens is 336 g/mol. The highest BCUT2D eigenvalue weighted by molar-refractivity contribution is 6.31. The Hall–Kier alpha value is -2.40. The van der Waals surface area contributed by atoms with E-state index in [-0.39, 0.29) is 5.91 Å². The Labute approximate surface area is 152 Å². The number of carbonyl (C=O) groups is 1. The van der Waals surface area contributed by atoms with Crippen LogP contribution in [0.5, 0.6) is 0 Å². The molecule has 0 bridgehead atoms. The van der Waals surface area contributed by atoms with Gasteiger partial charge in [-0.15, -0.1) is 0 Å². The second kappa shape index (κ2) is 6.84. The zero-order chi connectivity index (χ0) is 18.1. The van der Waals surface area contributed by atoms with Gasteiger partial charge in [0.05, 0.1) is 16.6 Å². The van der Waals surface area contributed by atoms with Crippen LogP contribution in [0.1, 0.15) is 34.2 Å². The van der Waals surface area contributed by atoms with Gasteiger partial charge in [-0.1, -0.05) is 29.8 Å². The molecule has 0 saturated heterocycles. The summed E-state index contributed by atoms with van der Waals surface area (Å²) < 4.78 is 1.72. The molecule has 3 rings (SSSR count). The minimum absolute atomic E-state index is 0.0333. The molecule has 0 saturated carbocycles. The molecule has 130 valence electrons. The van der Waals surface area contributed by atoms with Gasteiger partial charge in [0.25, 0.3) is 5.91 Å². The highest BCUT2D eigenvalue weighted by Crippen LogP contribution is 2.24. The molecule has 0 radical (unpaired) electrons. The van der Waals surface area contributed by atoms with Crippen molar-refractivity contribution in [2.24, 2.45) is 7.05 Å². The van der Waals surface area contributed by atoms with Gasteiger partial charge in [-0.3, -0.25) is 9.48 Å². The second-order valence-electron chi connectivity index (χ2n) is 6.13. The molecule has 0 unspecified atom stereocenters. The van der Waals surface area contributed by atoms with E-state index in [1.807, 2.05) is 58.2 Å². The number of nitrogens with zero attached hydrogens (tertiary/aromatic N) is 4. The molecule has 3 aromatic rings. The van der Waals surface area contributed by atoms with Gasteiger partial charge in [-0.2, -0.15) is 5.10 Å². The minimum atomic E-state index is -0.0333. The zero-order valence-electron chi connectivity index (χ0n) is 14.9. The van der Waals surface area contributed by atoms with E-state index in [1.165, 1.54) is 0 Å². The lowest BCUT2D eigenvalue weighted by molar-refractivity contribution is 0.0754. The number of fused-ring (bicyclic) bond motifs is 1. The molecule has 2 aromatic heterocycles. The molecule has 0 atom stereocenters. The van der Waals surface area contributed by atoms with Crippen molar-refractivity contribution >= 4 is 28.5 Å². The fraction of sp³-hybridized carbons (Fsp3) is 0.316. The van der Waals surface area contributed by atoms with Gasteiger partial charge in [-0.25, -0.2) is 4.98 Å². The van der Waals surface area contributed by atoms with Crippen LogP contribution in [0.2, 0.25) is 5.02 Å². The SMILES string of the molecule is CCN(Cc1ccccc1Cl)C(=O)c1cc(C)nc2c1c(C)nn2C. The molecule has 2 heterocycles. The average molecular weight is 357 g/mol. The van der Waals surface area contributed by atoms with E-state index in [0.717, 1.165) is 28.0 Å². The maximum Gasteiger partial charge on any atom is 0.255 e. The molecule has 1 amide bonds. The summed E-state index contributed by atoms with van der Waals surface area (Å²) in [5, 5.41) is 5.90. The number of aromatic nitrogens is 3. The average Bonchev–Trinajstić information content (AvgIpc) is 2.87. The molecule has 0 aliphatic heterocycles. The van der Waals surface area contributed by atoms with Gasteiger partial charge in [-0.05, 0) is 38.5 Å². The van der Waals surface area contributed by atoms with Crippen LogP contribution in [0.4, 0.5) is 0 Å². The van der Waals surface area contributed by atoms with E-state index in [4.69, 9.17) is 11.6 Å². The predicted molar refractivity (Wildman–Crippen MR) is 99.8 cm³/mol. The molecule has 0 aliphatic carbocycles. The Kier molecular flexibility index (Phi) is 4.77. The van der Waals surface area contributed by atoms with Crippen molar-refractivity contribution in [2.45, 2.75) is 27.3 Å². The maximum absolute atomic E-state index is 13.2. The third kappa shape index (κ3) is 3.24. The van der Waals surface area contributed by atoms with Crippen molar-refractivity contribution in [3.63, 3.8) is 0 Å². The van der Waals surface area contributed by atoms with Gasteiger partial charge < -0.3 is 4.90 Å². The van der Waals surface area contributed by atoms with Crippen molar-refractivity contribution in [3.8, 4) is 0 Å². The summed E-state index contributed by atoms with van der Waals surface area (Å²) in [6, 6.07) is 9.45. The highest BCUT2D eigenvalue weighted by Gasteiger charge is 2.22. The predicted octanol–water partition coefficient (Wildman–Crippen LogP) is 3.90. The van der Waals surface area contributed by atoms with Crippen molar-refractivity contribution in [3.05, 3.63) is 57.9 Å². The Morgan fingerprint density at radius 1 is 1.28 bits per heavy atom. The van der Waals surface area contributed by atoms with E-state index in [0.29, 0.717) is 23.7 Å². The van der Waals surface area contributed by atoms with Crippen LogP contribution >= 0.6 is 11.6 Å². The van der Waals surface area contributed by atoms with Crippen molar-refractivity contribution in [1.82, 2.24) is 19.7 Å². The number of benzene rings is 1. The van der Waals surface area contributed by atoms with Gasteiger partial charge in [0.15, 0.2) is 5.65 Å². The summed E-state index contributed by atoms with van der Waals surface area (Å²) in [7, 11) is 1.84. The number of rotatable bonds is 4. The first kappa shape index (κ1) is 17.4. The number of amides is 1. The monoisotopic (exact) mass is 356 g/mol. The van der Waals surface area contributed by atoms with E-state index in [9.17, 15) is 4.79 Å². The molecule has 1 aromatic carbocycles. The summed E-state index contributed by atoms with van der Waals surface area (Å²) in [5.41, 5.74) is 3.91. The quantitative estimate of drug-likeness (QED) is 0.712. The van der Waals surface area contributed by atoms with Crippen LogP contribution in [0, 0.1) is 13.8 Å². The number of aryl methyl sites for hydroxylation is 3. The van der Waals surface area contributed by atoms with Crippen LogP contribution in [0.15, 0.2) is 30.3 Å².